The molecule has 0 radical (unpaired) electrons. The number of carbonyl (C=O) groups is 1. The Morgan fingerprint density at radius 1 is 1.03 bits per heavy atom. The molecule has 0 unspecified atom stereocenters. The Balaban J connectivity index is 1.88. The second kappa shape index (κ2) is 9.44. The van der Waals surface area contributed by atoms with Gasteiger partial charge in [0, 0.05) is 18.2 Å². The van der Waals surface area contributed by atoms with Gasteiger partial charge in [-0.15, -0.1) is 0 Å². The molecule has 0 atom stereocenters. The van der Waals surface area contributed by atoms with E-state index in [1.54, 1.807) is 31.2 Å². The largest absolute Gasteiger partial charge is 0.349 e. The number of anilines is 1. The number of nitrogens with one attached hydrogen (secondary N) is 1. The number of para-hydroxylation sites is 1. The van der Waals surface area contributed by atoms with Gasteiger partial charge < -0.3 is 5.32 Å². The summed E-state index contributed by atoms with van der Waals surface area (Å²) >= 11 is 0. The molecule has 1 fully saturated rings. The van der Waals surface area contributed by atoms with Gasteiger partial charge in [0.15, 0.2) is 0 Å². The molecule has 0 saturated heterocycles. The monoisotopic (exact) mass is 414 g/mol. The molecule has 0 spiro atoms. The Kier molecular flexibility index (Phi) is 6.96. The number of hydrogen-bond donors (Lipinski definition) is 1. The van der Waals surface area contributed by atoms with Crippen LogP contribution in [0.5, 0.6) is 0 Å². The van der Waals surface area contributed by atoms with Crippen LogP contribution in [0.3, 0.4) is 0 Å². The van der Waals surface area contributed by atoms with Crippen molar-refractivity contribution >= 4 is 21.6 Å². The summed E-state index contributed by atoms with van der Waals surface area (Å²) in [5.74, 6) is -0.198. The highest BCUT2D eigenvalue weighted by Gasteiger charge is 2.26. The molecule has 1 saturated carbocycles. The number of rotatable bonds is 6. The minimum atomic E-state index is -3.78. The smallest absolute Gasteiger partial charge is 0.264 e. The fourth-order valence-corrected chi connectivity index (χ4v) is 5.64. The predicted octanol–water partition coefficient (Wildman–Crippen LogP) is 4.66. The van der Waals surface area contributed by atoms with Gasteiger partial charge in [-0.1, -0.05) is 49.9 Å². The average molecular weight is 415 g/mol. The van der Waals surface area contributed by atoms with E-state index in [4.69, 9.17) is 0 Å². The minimum Gasteiger partial charge on any atom is -0.349 e. The standard InChI is InChI=1S/C23H30N2O3S/c1-3-25(21-13-9-6-10-14-21)29(27,28)22-17-19(16-15-18(22)2)23(26)24-20-11-7-4-5-8-12-20/h6,9-10,13-17,20H,3-5,7-8,11-12H2,1-2H3,(H,24,26). The Bertz CT molecular complexity index is 934. The summed E-state index contributed by atoms with van der Waals surface area (Å²) in [4.78, 5) is 13.0. The van der Waals surface area contributed by atoms with Crippen LogP contribution < -0.4 is 9.62 Å². The molecule has 1 amide bonds. The van der Waals surface area contributed by atoms with E-state index in [-0.39, 0.29) is 16.8 Å². The van der Waals surface area contributed by atoms with Crippen molar-refractivity contribution in [2.45, 2.75) is 63.3 Å². The maximum absolute atomic E-state index is 13.4. The molecule has 1 aliphatic carbocycles. The number of benzene rings is 2. The SMILES string of the molecule is CCN(c1ccccc1)S(=O)(=O)c1cc(C(=O)NC2CCCCCC2)ccc1C. The van der Waals surface area contributed by atoms with E-state index in [0.29, 0.717) is 23.4 Å². The lowest BCUT2D eigenvalue weighted by molar-refractivity contribution is 0.0933. The fraction of sp³-hybridized carbons (Fsp3) is 0.435. The molecule has 1 N–H and O–H groups in total. The molecule has 5 nitrogen and oxygen atoms in total. The lowest BCUT2D eigenvalue weighted by atomic mass is 10.1. The van der Waals surface area contributed by atoms with Crippen LogP contribution in [0.2, 0.25) is 0 Å². The van der Waals surface area contributed by atoms with Gasteiger partial charge in [0.2, 0.25) is 0 Å². The van der Waals surface area contributed by atoms with Gasteiger partial charge >= 0.3 is 0 Å². The van der Waals surface area contributed by atoms with Crippen molar-refractivity contribution in [1.29, 1.82) is 0 Å². The van der Waals surface area contributed by atoms with Crippen LogP contribution in [0, 0.1) is 6.92 Å². The predicted molar refractivity (Wildman–Crippen MR) is 117 cm³/mol. The number of aryl methyl sites for hydroxylation is 1. The average Bonchev–Trinajstić information content (AvgIpc) is 2.98. The normalized spacial score (nSPS) is 15.5. The summed E-state index contributed by atoms with van der Waals surface area (Å²) in [5, 5.41) is 3.10. The van der Waals surface area contributed by atoms with E-state index in [9.17, 15) is 13.2 Å². The Morgan fingerprint density at radius 3 is 2.31 bits per heavy atom. The van der Waals surface area contributed by atoms with Gasteiger partial charge in [0.25, 0.3) is 15.9 Å². The van der Waals surface area contributed by atoms with E-state index >= 15 is 0 Å². The van der Waals surface area contributed by atoms with Crippen molar-refractivity contribution < 1.29 is 13.2 Å². The summed E-state index contributed by atoms with van der Waals surface area (Å²) in [6.45, 7) is 3.88. The molecule has 0 aliphatic heterocycles. The molecule has 1 aliphatic rings. The third-order valence-electron chi connectivity index (χ3n) is 5.54. The van der Waals surface area contributed by atoms with Crippen molar-refractivity contribution in [2.75, 3.05) is 10.8 Å². The van der Waals surface area contributed by atoms with Gasteiger partial charge in [0.1, 0.15) is 0 Å². The fourth-order valence-electron chi connectivity index (χ4n) is 3.92. The summed E-state index contributed by atoms with van der Waals surface area (Å²) < 4.78 is 28.2. The molecular formula is C23H30N2O3S. The number of amides is 1. The van der Waals surface area contributed by atoms with Gasteiger partial charge in [-0.3, -0.25) is 9.10 Å². The molecular weight excluding hydrogens is 384 g/mol. The molecule has 3 rings (SSSR count). The zero-order valence-electron chi connectivity index (χ0n) is 17.2. The van der Waals surface area contributed by atoms with Crippen molar-refractivity contribution in [1.82, 2.24) is 5.32 Å². The highest BCUT2D eigenvalue weighted by molar-refractivity contribution is 7.92. The Labute approximate surface area is 174 Å². The van der Waals surface area contributed by atoms with Crippen molar-refractivity contribution in [3.05, 3.63) is 59.7 Å². The minimum absolute atomic E-state index is 0.169. The molecule has 6 heteroatoms. The van der Waals surface area contributed by atoms with Gasteiger partial charge in [-0.05, 0) is 56.5 Å². The van der Waals surface area contributed by atoms with Gasteiger partial charge in [0.05, 0.1) is 10.6 Å². The topological polar surface area (TPSA) is 66.5 Å². The number of carbonyl (C=O) groups excluding carboxylic acids is 1. The molecule has 156 valence electrons. The molecule has 0 heterocycles. The van der Waals surface area contributed by atoms with Crippen LogP contribution in [-0.2, 0) is 10.0 Å². The summed E-state index contributed by atoms with van der Waals surface area (Å²) in [5.41, 5.74) is 1.63. The van der Waals surface area contributed by atoms with Crippen molar-refractivity contribution in [3.8, 4) is 0 Å². The van der Waals surface area contributed by atoms with Crippen LogP contribution in [0.1, 0.15) is 61.4 Å². The second-order valence-corrected chi connectivity index (χ2v) is 9.48. The van der Waals surface area contributed by atoms with E-state index in [0.717, 1.165) is 25.7 Å². The Morgan fingerprint density at radius 2 is 1.69 bits per heavy atom. The number of nitrogens with zero attached hydrogens (tertiary/aromatic N) is 1. The molecule has 29 heavy (non-hydrogen) atoms. The van der Waals surface area contributed by atoms with Crippen LogP contribution >= 0.6 is 0 Å². The first-order valence-electron chi connectivity index (χ1n) is 10.4. The maximum Gasteiger partial charge on any atom is 0.264 e. The van der Waals surface area contributed by atoms with Crippen molar-refractivity contribution in [2.24, 2.45) is 0 Å². The number of hydrogen-bond acceptors (Lipinski definition) is 3. The van der Waals surface area contributed by atoms with Crippen molar-refractivity contribution in [3.63, 3.8) is 0 Å². The molecule has 0 bridgehead atoms. The zero-order valence-corrected chi connectivity index (χ0v) is 18.0. The molecule has 2 aromatic rings. The highest BCUT2D eigenvalue weighted by Crippen LogP contribution is 2.26. The van der Waals surface area contributed by atoms with E-state index in [1.165, 1.54) is 23.2 Å². The molecule has 2 aromatic carbocycles. The summed E-state index contributed by atoms with van der Waals surface area (Å²) in [6, 6.07) is 14.2. The first-order chi connectivity index (χ1) is 13.9. The third kappa shape index (κ3) is 4.99. The summed E-state index contributed by atoms with van der Waals surface area (Å²) in [6.07, 6.45) is 6.65. The molecule has 0 aromatic heterocycles. The zero-order chi connectivity index (χ0) is 20.9. The van der Waals surface area contributed by atoms with Gasteiger partial charge in [-0.2, -0.15) is 0 Å². The van der Waals surface area contributed by atoms with Gasteiger partial charge in [-0.25, -0.2) is 8.42 Å². The number of sulfonamides is 1. The first-order valence-corrected chi connectivity index (χ1v) is 11.9. The van der Waals surface area contributed by atoms with Crippen LogP contribution in [-0.4, -0.2) is 26.9 Å². The second-order valence-electron chi connectivity index (χ2n) is 7.65. The van der Waals surface area contributed by atoms with Crippen LogP contribution in [0.4, 0.5) is 5.69 Å². The lowest BCUT2D eigenvalue weighted by Crippen LogP contribution is -2.35. The van der Waals surface area contributed by atoms with Crippen LogP contribution in [0.25, 0.3) is 0 Å². The summed E-state index contributed by atoms with van der Waals surface area (Å²) in [7, 11) is -3.78. The first kappa shape index (κ1) is 21.4. The Hall–Kier alpha value is -2.34. The van der Waals surface area contributed by atoms with E-state index in [1.807, 2.05) is 25.1 Å². The maximum atomic E-state index is 13.4. The van der Waals surface area contributed by atoms with E-state index < -0.39 is 10.0 Å². The third-order valence-corrected chi connectivity index (χ3v) is 7.59. The van der Waals surface area contributed by atoms with Crippen LogP contribution in [0.15, 0.2) is 53.4 Å². The quantitative estimate of drug-likeness (QED) is 0.699. The highest BCUT2D eigenvalue weighted by atomic mass is 32.2. The van der Waals surface area contributed by atoms with E-state index in [2.05, 4.69) is 5.32 Å². The lowest BCUT2D eigenvalue weighted by Gasteiger charge is -2.24.